The van der Waals surface area contributed by atoms with E-state index in [9.17, 15) is 4.39 Å². The molecule has 1 saturated heterocycles. The summed E-state index contributed by atoms with van der Waals surface area (Å²) in [5.74, 6) is 0.479. The van der Waals surface area contributed by atoms with Crippen molar-refractivity contribution in [1.82, 2.24) is 4.90 Å². The van der Waals surface area contributed by atoms with Crippen LogP contribution in [0.3, 0.4) is 0 Å². The number of piperidine rings is 1. The number of alkyl halides is 1. The first-order valence-corrected chi connectivity index (χ1v) is 7.48. The largest absolute Gasteiger partial charge is 0.300 e. The summed E-state index contributed by atoms with van der Waals surface area (Å²) >= 11 is 0. The van der Waals surface area contributed by atoms with Gasteiger partial charge in [-0.05, 0) is 51.1 Å². The summed E-state index contributed by atoms with van der Waals surface area (Å²) in [7, 11) is 0. The summed E-state index contributed by atoms with van der Waals surface area (Å²) in [5, 5.41) is 8.79. The van der Waals surface area contributed by atoms with Gasteiger partial charge in [-0.15, -0.1) is 0 Å². The van der Waals surface area contributed by atoms with E-state index in [2.05, 4.69) is 17.9 Å². The summed E-state index contributed by atoms with van der Waals surface area (Å²) in [5.41, 5.74) is 0. The number of nitriles is 1. The van der Waals surface area contributed by atoms with Crippen molar-refractivity contribution in [2.45, 2.75) is 65.1 Å². The molecule has 0 aromatic carbocycles. The Bertz CT molecular complexity index is 266. The summed E-state index contributed by atoms with van der Waals surface area (Å²) < 4.78 is 13.7. The first-order chi connectivity index (χ1) is 8.70. The van der Waals surface area contributed by atoms with Gasteiger partial charge in [-0.1, -0.05) is 20.8 Å². The summed E-state index contributed by atoms with van der Waals surface area (Å²) in [6, 6.07) is 2.49. The van der Waals surface area contributed by atoms with E-state index in [0.29, 0.717) is 12.5 Å². The fraction of sp³-hybridized carbons (Fsp3) is 0.933. The Morgan fingerprint density at radius 2 is 1.72 bits per heavy atom. The van der Waals surface area contributed by atoms with Crippen molar-refractivity contribution in [2.75, 3.05) is 13.1 Å². The van der Waals surface area contributed by atoms with Gasteiger partial charge >= 0.3 is 0 Å². The lowest BCUT2D eigenvalue weighted by Gasteiger charge is -2.40. The third-order valence-corrected chi connectivity index (χ3v) is 4.25. The van der Waals surface area contributed by atoms with Crippen LogP contribution in [0.4, 0.5) is 4.39 Å². The molecule has 2 aliphatic rings. The molecule has 3 atom stereocenters. The molecule has 1 aliphatic heterocycles. The smallest absolute Gasteiger partial charge is 0.117 e. The second-order valence-corrected chi connectivity index (χ2v) is 5.44. The Morgan fingerprint density at radius 1 is 1.11 bits per heavy atom. The van der Waals surface area contributed by atoms with Crippen molar-refractivity contribution in [1.29, 1.82) is 5.26 Å². The zero-order valence-electron chi connectivity index (χ0n) is 12.0. The van der Waals surface area contributed by atoms with Crippen LogP contribution in [0.25, 0.3) is 0 Å². The van der Waals surface area contributed by atoms with Crippen molar-refractivity contribution in [3.05, 3.63) is 0 Å². The Labute approximate surface area is 111 Å². The van der Waals surface area contributed by atoms with Gasteiger partial charge in [0.05, 0.1) is 12.0 Å². The molecule has 0 N–H and O–H groups in total. The summed E-state index contributed by atoms with van der Waals surface area (Å²) in [6.07, 6.45) is 3.92. The third-order valence-electron chi connectivity index (χ3n) is 4.25. The van der Waals surface area contributed by atoms with Crippen LogP contribution in [-0.4, -0.2) is 30.2 Å². The number of hydrogen-bond donors (Lipinski definition) is 0. The Balaban J connectivity index is 0.000000771. The maximum atomic E-state index is 13.7. The molecule has 2 nitrogen and oxygen atoms in total. The monoisotopic (exact) mass is 254 g/mol. The van der Waals surface area contributed by atoms with Crippen molar-refractivity contribution < 1.29 is 4.39 Å². The van der Waals surface area contributed by atoms with Gasteiger partial charge in [-0.2, -0.15) is 5.26 Å². The predicted octanol–water partition coefficient (Wildman–Crippen LogP) is 3.77. The van der Waals surface area contributed by atoms with Crippen LogP contribution < -0.4 is 0 Å². The Morgan fingerprint density at radius 3 is 2.22 bits per heavy atom. The van der Waals surface area contributed by atoms with Gasteiger partial charge < -0.3 is 4.90 Å². The zero-order valence-corrected chi connectivity index (χ0v) is 12.0. The number of halogens is 1. The van der Waals surface area contributed by atoms with Gasteiger partial charge in [-0.25, -0.2) is 4.39 Å². The summed E-state index contributed by atoms with van der Waals surface area (Å²) in [4.78, 5) is 2.44. The highest BCUT2D eigenvalue weighted by Crippen LogP contribution is 2.31. The number of likely N-dealkylation sites (tertiary alicyclic amines) is 1. The molecule has 18 heavy (non-hydrogen) atoms. The van der Waals surface area contributed by atoms with Crippen LogP contribution >= 0.6 is 0 Å². The molecule has 2 fully saturated rings. The second kappa shape index (κ2) is 7.74. The average Bonchev–Trinajstić information content (AvgIpc) is 2.42. The fourth-order valence-electron chi connectivity index (χ4n) is 2.97. The molecule has 0 radical (unpaired) electrons. The van der Waals surface area contributed by atoms with Gasteiger partial charge in [0.15, 0.2) is 0 Å². The van der Waals surface area contributed by atoms with Crippen molar-refractivity contribution in [2.24, 2.45) is 11.8 Å². The van der Waals surface area contributed by atoms with E-state index in [1.165, 1.54) is 12.8 Å². The van der Waals surface area contributed by atoms with E-state index >= 15 is 0 Å². The van der Waals surface area contributed by atoms with Crippen molar-refractivity contribution in [3.63, 3.8) is 0 Å². The van der Waals surface area contributed by atoms with Crippen LogP contribution in [0.5, 0.6) is 0 Å². The predicted molar refractivity (Wildman–Crippen MR) is 73.0 cm³/mol. The average molecular weight is 254 g/mol. The molecule has 2 rings (SSSR count). The first kappa shape index (κ1) is 15.4. The van der Waals surface area contributed by atoms with Crippen molar-refractivity contribution in [3.8, 4) is 6.07 Å². The lowest BCUT2D eigenvalue weighted by molar-refractivity contribution is 0.0665. The molecule has 0 bridgehead atoms. The van der Waals surface area contributed by atoms with Crippen LogP contribution in [0.15, 0.2) is 0 Å². The quantitative estimate of drug-likeness (QED) is 0.712. The maximum absolute atomic E-state index is 13.7. The van der Waals surface area contributed by atoms with E-state index in [1.807, 2.05) is 13.8 Å². The lowest BCUT2D eigenvalue weighted by Crippen LogP contribution is -2.45. The van der Waals surface area contributed by atoms with E-state index < -0.39 is 6.17 Å². The van der Waals surface area contributed by atoms with Gasteiger partial charge in [-0.3, -0.25) is 0 Å². The third kappa shape index (κ3) is 3.95. The van der Waals surface area contributed by atoms with E-state index in [0.717, 1.165) is 31.8 Å². The molecular formula is C15H27FN2. The zero-order chi connectivity index (χ0) is 13.5. The molecule has 0 amide bonds. The number of hydrogen-bond acceptors (Lipinski definition) is 2. The molecule has 3 heteroatoms. The number of nitrogens with zero attached hydrogens (tertiary/aromatic N) is 2. The highest BCUT2D eigenvalue weighted by atomic mass is 19.1. The van der Waals surface area contributed by atoms with E-state index in [1.54, 1.807) is 0 Å². The Hall–Kier alpha value is -0.620. The van der Waals surface area contributed by atoms with Crippen LogP contribution in [0.1, 0.15) is 52.9 Å². The topological polar surface area (TPSA) is 27.0 Å². The molecule has 0 aromatic rings. The summed E-state index contributed by atoms with van der Waals surface area (Å²) in [6.45, 7) is 8.54. The van der Waals surface area contributed by atoms with Crippen LogP contribution in [-0.2, 0) is 0 Å². The molecular weight excluding hydrogens is 227 g/mol. The highest BCUT2D eigenvalue weighted by Gasteiger charge is 2.34. The van der Waals surface area contributed by atoms with Crippen LogP contribution in [0.2, 0.25) is 0 Å². The minimum atomic E-state index is -0.900. The van der Waals surface area contributed by atoms with E-state index in [4.69, 9.17) is 5.26 Å². The van der Waals surface area contributed by atoms with E-state index in [-0.39, 0.29) is 5.92 Å². The number of rotatable bonds is 1. The SMILES string of the molecule is CC.CC1CCN(C2CCC(C#N)C(F)C2)CC1. The van der Waals surface area contributed by atoms with Gasteiger partial charge in [0.1, 0.15) is 6.17 Å². The van der Waals surface area contributed by atoms with Gasteiger partial charge in [0.25, 0.3) is 0 Å². The maximum Gasteiger partial charge on any atom is 0.117 e. The minimum absolute atomic E-state index is 0.347. The lowest BCUT2D eigenvalue weighted by atomic mass is 9.83. The Kier molecular flexibility index (Phi) is 6.63. The molecule has 3 unspecified atom stereocenters. The molecule has 0 spiro atoms. The first-order valence-electron chi connectivity index (χ1n) is 7.48. The molecule has 104 valence electrons. The fourth-order valence-corrected chi connectivity index (χ4v) is 2.97. The molecule has 0 aromatic heterocycles. The second-order valence-electron chi connectivity index (χ2n) is 5.44. The standard InChI is InChI=1S/C13H21FN2.C2H6/c1-10-4-6-16(7-5-10)12-3-2-11(9-15)13(14)8-12;1-2/h10-13H,2-8H2,1H3;1-2H3. The molecule has 1 aliphatic carbocycles. The minimum Gasteiger partial charge on any atom is -0.300 e. The van der Waals surface area contributed by atoms with Gasteiger partial charge in [0, 0.05) is 6.04 Å². The molecule has 1 heterocycles. The molecule has 1 saturated carbocycles. The van der Waals surface area contributed by atoms with Gasteiger partial charge in [0.2, 0.25) is 0 Å². The van der Waals surface area contributed by atoms with Crippen molar-refractivity contribution >= 4 is 0 Å². The highest BCUT2D eigenvalue weighted by molar-refractivity contribution is 4.96. The normalized spacial score (nSPS) is 34.3. The van der Waals surface area contributed by atoms with Crippen LogP contribution in [0, 0.1) is 23.2 Å².